The summed E-state index contributed by atoms with van der Waals surface area (Å²) in [5.41, 5.74) is -0.195. The molecule has 0 aromatic heterocycles. The Bertz CT molecular complexity index is 594. The molecule has 0 aliphatic heterocycles. The topological polar surface area (TPSA) is 88.5 Å². The van der Waals surface area contributed by atoms with E-state index in [9.17, 15) is 21.8 Å². The molecule has 1 rings (SSSR count). The van der Waals surface area contributed by atoms with Crippen LogP contribution in [0.4, 0.5) is 4.39 Å². The SMILES string of the molecule is CS(=O)(=O)CCS(=O)c1cc(C(=O)O)ccc1F. The van der Waals surface area contributed by atoms with Gasteiger partial charge in [-0.25, -0.2) is 17.6 Å². The van der Waals surface area contributed by atoms with E-state index in [4.69, 9.17) is 5.11 Å². The molecule has 0 saturated carbocycles. The Hall–Kier alpha value is -1.28. The van der Waals surface area contributed by atoms with Crippen molar-refractivity contribution < 1.29 is 26.9 Å². The van der Waals surface area contributed by atoms with Crippen LogP contribution in [0.15, 0.2) is 23.1 Å². The van der Waals surface area contributed by atoms with Crippen LogP contribution >= 0.6 is 0 Å². The minimum absolute atomic E-state index is 0.195. The van der Waals surface area contributed by atoms with Crippen molar-refractivity contribution in [2.75, 3.05) is 17.8 Å². The molecule has 0 saturated heterocycles. The summed E-state index contributed by atoms with van der Waals surface area (Å²) < 4.78 is 46.9. The van der Waals surface area contributed by atoms with Gasteiger partial charge in [-0.1, -0.05) is 0 Å². The first-order valence-corrected chi connectivity index (χ1v) is 8.17. The molecule has 0 radical (unpaired) electrons. The number of carbonyl (C=O) groups is 1. The normalized spacial score (nSPS) is 13.2. The van der Waals surface area contributed by atoms with Gasteiger partial charge in [0.1, 0.15) is 15.7 Å². The molecule has 18 heavy (non-hydrogen) atoms. The summed E-state index contributed by atoms with van der Waals surface area (Å²) in [6, 6.07) is 2.90. The Morgan fingerprint density at radius 1 is 1.44 bits per heavy atom. The molecule has 1 N–H and O–H groups in total. The number of sulfone groups is 1. The zero-order valence-electron chi connectivity index (χ0n) is 9.42. The van der Waals surface area contributed by atoms with Crippen LogP contribution in [0.5, 0.6) is 0 Å². The minimum Gasteiger partial charge on any atom is -0.478 e. The van der Waals surface area contributed by atoms with Crippen molar-refractivity contribution in [3.05, 3.63) is 29.6 Å². The van der Waals surface area contributed by atoms with E-state index in [1.54, 1.807) is 0 Å². The molecule has 1 aromatic rings. The summed E-state index contributed by atoms with van der Waals surface area (Å²) in [6.45, 7) is 0. The first-order valence-electron chi connectivity index (χ1n) is 4.79. The Labute approximate surface area is 106 Å². The summed E-state index contributed by atoms with van der Waals surface area (Å²) >= 11 is 0. The standard InChI is InChI=1S/C10H11FO5S2/c1-18(15,16)5-4-17(14)9-6-7(10(12)13)2-3-8(9)11/h2-3,6H,4-5H2,1H3,(H,12,13). The van der Waals surface area contributed by atoms with Crippen LogP contribution in [-0.4, -0.2) is 41.5 Å². The van der Waals surface area contributed by atoms with Crippen LogP contribution in [0.1, 0.15) is 10.4 Å². The highest BCUT2D eigenvalue weighted by molar-refractivity contribution is 7.92. The van der Waals surface area contributed by atoms with E-state index in [0.29, 0.717) is 0 Å². The highest BCUT2D eigenvalue weighted by atomic mass is 32.2. The molecule has 100 valence electrons. The molecule has 0 amide bonds. The molecule has 0 bridgehead atoms. The second-order valence-corrected chi connectivity index (χ2v) is 7.43. The number of benzene rings is 1. The summed E-state index contributed by atoms with van der Waals surface area (Å²) in [5, 5.41) is 8.72. The fraction of sp³-hybridized carbons (Fsp3) is 0.300. The lowest BCUT2D eigenvalue weighted by molar-refractivity contribution is 0.0696. The molecular weight excluding hydrogens is 283 g/mol. The summed E-state index contributed by atoms with van der Waals surface area (Å²) in [6.07, 6.45) is 0.980. The maximum absolute atomic E-state index is 13.4. The molecule has 0 spiro atoms. The average molecular weight is 294 g/mol. The Morgan fingerprint density at radius 2 is 2.06 bits per heavy atom. The van der Waals surface area contributed by atoms with Gasteiger partial charge in [0.15, 0.2) is 0 Å². The second kappa shape index (κ2) is 5.57. The lowest BCUT2D eigenvalue weighted by atomic mass is 10.2. The third kappa shape index (κ3) is 4.19. The predicted octanol–water partition coefficient (Wildman–Crippen LogP) is 0.676. The number of halogens is 1. The van der Waals surface area contributed by atoms with Gasteiger partial charge in [0.2, 0.25) is 0 Å². The number of hydrogen-bond donors (Lipinski definition) is 1. The van der Waals surface area contributed by atoms with E-state index < -0.39 is 32.4 Å². The van der Waals surface area contributed by atoms with Gasteiger partial charge >= 0.3 is 5.97 Å². The van der Waals surface area contributed by atoms with E-state index in [1.807, 2.05) is 0 Å². The second-order valence-electron chi connectivity index (χ2n) is 3.63. The number of rotatable bonds is 5. The largest absolute Gasteiger partial charge is 0.478 e. The molecule has 5 nitrogen and oxygen atoms in total. The third-order valence-corrected chi connectivity index (χ3v) is 4.65. The average Bonchev–Trinajstić information content (AvgIpc) is 2.25. The molecule has 1 unspecified atom stereocenters. The molecule has 1 atom stereocenters. The van der Waals surface area contributed by atoms with Crippen LogP contribution in [0.3, 0.4) is 0 Å². The fourth-order valence-electron chi connectivity index (χ4n) is 1.15. The van der Waals surface area contributed by atoms with Crippen LogP contribution in [0.2, 0.25) is 0 Å². The Balaban J connectivity index is 2.98. The fourth-order valence-corrected chi connectivity index (χ4v) is 3.73. The van der Waals surface area contributed by atoms with Crippen molar-refractivity contribution in [2.24, 2.45) is 0 Å². The summed E-state index contributed by atoms with van der Waals surface area (Å²) in [5.74, 6) is -2.70. The van der Waals surface area contributed by atoms with E-state index in [0.717, 1.165) is 24.5 Å². The van der Waals surface area contributed by atoms with Gasteiger partial charge in [0.25, 0.3) is 0 Å². The predicted molar refractivity (Wildman–Crippen MR) is 64.3 cm³/mol. The van der Waals surface area contributed by atoms with E-state index in [1.165, 1.54) is 0 Å². The van der Waals surface area contributed by atoms with Crippen molar-refractivity contribution in [1.82, 2.24) is 0 Å². The highest BCUT2D eigenvalue weighted by Crippen LogP contribution is 2.15. The van der Waals surface area contributed by atoms with Gasteiger partial charge in [-0.2, -0.15) is 0 Å². The Kier molecular flexibility index (Phi) is 4.58. The zero-order valence-corrected chi connectivity index (χ0v) is 11.1. The minimum atomic E-state index is -3.30. The van der Waals surface area contributed by atoms with E-state index in [-0.39, 0.29) is 22.0 Å². The van der Waals surface area contributed by atoms with Crippen LogP contribution in [-0.2, 0) is 20.6 Å². The van der Waals surface area contributed by atoms with E-state index >= 15 is 0 Å². The van der Waals surface area contributed by atoms with Gasteiger partial charge in [0.05, 0.1) is 27.0 Å². The van der Waals surface area contributed by atoms with Crippen molar-refractivity contribution >= 4 is 26.6 Å². The number of hydrogen-bond acceptors (Lipinski definition) is 4. The van der Waals surface area contributed by atoms with Gasteiger partial charge in [-0.15, -0.1) is 0 Å². The van der Waals surface area contributed by atoms with Gasteiger partial charge in [-0.05, 0) is 18.2 Å². The molecule has 1 aromatic carbocycles. The zero-order chi connectivity index (χ0) is 13.9. The van der Waals surface area contributed by atoms with Crippen LogP contribution < -0.4 is 0 Å². The molecule has 0 aliphatic rings. The first-order chi connectivity index (χ1) is 8.20. The monoisotopic (exact) mass is 294 g/mol. The summed E-state index contributed by atoms with van der Waals surface area (Å²) in [7, 11) is -5.18. The first kappa shape index (κ1) is 14.8. The van der Waals surface area contributed by atoms with E-state index in [2.05, 4.69) is 0 Å². The summed E-state index contributed by atoms with van der Waals surface area (Å²) in [4.78, 5) is 10.4. The molecule has 8 heteroatoms. The number of carboxylic acid groups (broad SMARTS) is 1. The van der Waals surface area contributed by atoms with Crippen molar-refractivity contribution in [1.29, 1.82) is 0 Å². The lowest BCUT2D eigenvalue weighted by Crippen LogP contribution is -2.13. The molecule has 0 fully saturated rings. The highest BCUT2D eigenvalue weighted by Gasteiger charge is 2.15. The maximum Gasteiger partial charge on any atom is 0.335 e. The molecule has 0 heterocycles. The number of aromatic carboxylic acids is 1. The van der Waals surface area contributed by atoms with Crippen molar-refractivity contribution in [3.8, 4) is 0 Å². The van der Waals surface area contributed by atoms with Crippen molar-refractivity contribution in [3.63, 3.8) is 0 Å². The van der Waals surface area contributed by atoms with Crippen molar-refractivity contribution in [2.45, 2.75) is 4.90 Å². The van der Waals surface area contributed by atoms with Gasteiger partial charge < -0.3 is 5.11 Å². The van der Waals surface area contributed by atoms with Crippen LogP contribution in [0.25, 0.3) is 0 Å². The molecular formula is C10H11FO5S2. The van der Waals surface area contributed by atoms with Crippen LogP contribution in [0, 0.1) is 5.82 Å². The molecule has 0 aliphatic carbocycles. The lowest BCUT2D eigenvalue weighted by Gasteiger charge is -2.04. The van der Waals surface area contributed by atoms with Gasteiger partial charge in [-0.3, -0.25) is 4.21 Å². The Morgan fingerprint density at radius 3 is 2.56 bits per heavy atom. The number of carboxylic acids is 1. The third-order valence-electron chi connectivity index (χ3n) is 2.06. The van der Waals surface area contributed by atoms with Gasteiger partial charge in [0, 0.05) is 12.0 Å². The smallest absolute Gasteiger partial charge is 0.335 e. The maximum atomic E-state index is 13.4. The quantitative estimate of drug-likeness (QED) is 0.862.